The van der Waals surface area contributed by atoms with Crippen LogP contribution in [-0.2, 0) is 5.75 Å². The van der Waals surface area contributed by atoms with Crippen LogP contribution in [0, 0.1) is 6.92 Å². The Morgan fingerprint density at radius 3 is 2.58 bits per heavy atom. The van der Waals surface area contributed by atoms with Crippen molar-refractivity contribution in [3.05, 3.63) is 70.4 Å². The Kier molecular flexibility index (Phi) is 8.04. The number of rotatable bonds is 9. The number of unbranched alkanes of at least 4 members (excludes halogenated alkanes) is 1. The minimum atomic E-state index is -1.09. The van der Waals surface area contributed by atoms with Gasteiger partial charge in [0.15, 0.2) is 5.76 Å². The summed E-state index contributed by atoms with van der Waals surface area (Å²) in [5, 5.41) is 14.6. The Balaban J connectivity index is 1.91. The maximum absolute atomic E-state index is 12.3. The van der Waals surface area contributed by atoms with Crippen LogP contribution in [0.3, 0.4) is 0 Å². The smallest absolute Gasteiger partial charge is 0.412 e. The fraction of sp³-hybridized carbons (Fsp3) is 0.333. The summed E-state index contributed by atoms with van der Waals surface area (Å²) >= 11 is 8.26. The van der Waals surface area contributed by atoms with Gasteiger partial charge in [0.2, 0.25) is 0 Å². The Hall–Kier alpha value is -2.44. The lowest BCUT2D eigenvalue weighted by molar-refractivity contribution is 0.199. The molecule has 0 aliphatic rings. The first-order valence-electron chi connectivity index (χ1n) is 10.3. The number of carboxylic acid groups (broad SMARTS) is 1. The highest BCUT2D eigenvalue weighted by Crippen LogP contribution is 2.39. The first kappa shape index (κ1) is 23.2. The number of aryl methyl sites for hydroxylation is 1. The van der Waals surface area contributed by atoms with E-state index in [0.29, 0.717) is 22.2 Å². The molecular weight excluding hydrogens is 432 g/mol. The van der Waals surface area contributed by atoms with E-state index < -0.39 is 12.1 Å². The molecule has 164 valence electrons. The van der Waals surface area contributed by atoms with Gasteiger partial charge in [0.25, 0.3) is 0 Å². The summed E-state index contributed by atoms with van der Waals surface area (Å²) in [6.07, 6.45) is 1.33. The quantitative estimate of drug-likeness (QED) is 0.334. The molecule has 7 heteroatoms. The Morgan fingerprint density at radius 2 is 1.94 bits per heavy atom. The highest BCUT2D eigenvalue weighted by molar-refractivity contribution is 7.98. The minimum Gasteiger partial charge on any atom is -0.465 e. The molecule has 5 nitrogen and oxygen atoms in total. The van der Waals surface area contributed by atoms with Gasteiger partial charge in [-0.05, 0) is 43.2 Å². The third-order valence-corrected chi connectivity index (χ3v) is 6.61. The predicted octanol–water partition coefficient (Wildman–Crippen LogP) is 7.58. The molecule has 0 saturated carbocycles. The maximum atomic E-state index is 12.3. The fourth-order valence-corrected chi connectivity index (χ4v) is 4.79. The largest absolute Gasteiger partial charge is 0.465 e. The zero-order chi connectivity index (χ0) is 22.4. The number of aromatic nitrogens is 1. The predicted molar refractivity (Wildman–Crippen MR) is 128 cm³/mol. The molecular formula is C24H27ClN2O3S. The SMILES string of the molecule is CCCCSCc1ccc(-c2onc(C)c2N(C(=O)O)C(C)c2ccccc2Cl)cc1. The summed E-state index contributed by atoms with van der Waals surface area (Å²) in [5.74, 6) is 2.54. The molecule has 0 fully saturated rings. The molecule has 1 amide bonds. The lowest BCUT2D eigenvalue weighted by Crippen LogP contribution is -2.33. The topological polar surface area (TPSA) is 66.6 Å². The van der Waals surface area contributed by atoms with E-state index in [1.807, 2.05) is 49.0 Å². The normalized spacial score (nSPS) is 12.0. The first-order valence-corrected chi connectivity index (χ1v) is 11.9. The number of hydrogen-bond donors (Lipinski definition) is 1. The monoisotopic (exact) mass is 458 g/mol. The van der Waals surface area contributed by atoms with Gasteiger partial charge in [-0.2, -0.15) is 11.8 Å². The molecule has 0 aliphatic carbocycles. The van der Waals surface area contributed by atoms with Crippen molar-refractivity contribution in [1.29, 1.82) is 0 Å². The molecule has 0 radical (unpaired) electrons. The molecule has 1 N–H and O–H groups in total. The van der Waals surface area contributed by atoms with Crippen LogP contribution in [0.1, 0.15) is 49.6 Å². The molecule has 2 aromatic carbocycles. The van der Waals surface area contributed by atoms with E-state index in [2.05, 4.69) is 24.2 Å². The number of amides is 1. The van der Waals surface area contributed by atoms with Crippen LogP contribution in [0.4, 0.5) is 10.5 Å². The van der Waals surface area contributed by atoms with Gasteiger partial charge in [0.1, 0.15) is 11.4 Å². The average Bonchev–Trinajstić information content (AvgIpc) is 3.13. The zero-order valence-electron chi connectivity index (χ0n) is 18.0. The fourth-order valence-electron chi connectivity index (χ4n) is 3.43. The van der Waals surface area contributed by atoms with Crippen molar-refractivity contribution in [3.63, 3.8) is 0 Å². The highest BCUT2D eigenvalue weighted by atomic mass is 35.5. The average molecular weight is 459 g/mol. The van der Waals surface area contributed by atoms with Crippen LogP contribution in [0.25, 0.3) is 11.3 Å². The summed E-state index contributed by atoms with van der Waals surface area (Å²) in [4.78, 5) is 13.6. The van der Waals surface area contributed by atoms with Gasteiger partial charge in [0, 0.05) is 16.3 Å². The third kappa shape index (κ3) is 5.43. The molecule has 31 heavy (non-hydrogen) atoms. The van der Waals surface area contributed by atoms with Crippen LogP contribution in [0.15, 0.2) is 53.1 Å². The molecule has 1 unspecified atom stereocenters. The first-order chi connectivity index (χ1) is 14.9. The van der Waals surface area contributed by atoms with Gasteiger partial charge in [-0.25, -0.2) is 4.79 Å². The van der Waals surface area contributed by atoms with Gasteiger partial charge in [-0.1, -0.05) is 72.6 Å². The third-order valence-electron chi connectivity index (χ3n) is 5.15. The molecule has 0 saturated heterocycles. The van der Waals surface area contributed by atoms with Gasteiger partial charge in [0.05, 0.1) is 6.04 Å². The summed E-state index contributed by atoms with van der Waals surface area (Å²) < 4.78 is 5.59. The Labute approximate surface area is 192 Å². The van der Waals surface area contributed by atoms with Crippen LogP contribution < -0.4 is 4.90 Å². The number of hydrogen-bond acceptors (Lipinski definition) is 4. The number of anilines is 1. The van der Waals surface area contributed by atoms with Crippen LogP contribution in [-0.4, -0.2) is 22.1 Å². The maximum Gasteiger partial charge on any atom is 0.412 e. The van der Waals surface area contributed by atoms with Crippen molar-refractivity contribution in [2.24, 2.45) is 0 Å². The second kappa shape index (κ2) is 10.7. The lowest BCUT2D eigenvalue weighted by Gasteiger charge is -2.27. The van der Waals surface area contributed by atoms with Gasteiger partial charge in [-0.15, -0.1) is 0 Å². The van der Waals surface area contributed by atoms with Gasteiger partial charge < -0.3 is 9.63 Å². The van der Waals surface area contributed by atoms with Crippen molar-refractivity contribution in [3.8, 4) is 11.3 Å². The van der Waals surface area contributed by atoms with E-state index in [4.69, 9.17) is 16.1 Å². The highest BCUT2D eigenvalue weighted by Gasteiger charge is 2.31. The van der Waals surface area contributed by atoms with Crippen molar-refractivity contribution >= 4 is 35.1 Å². The number of thioether (sulfide) groups is 1. The summed E-state index contributed by atoms with van der Waals surface area (Å²) in [5.41, 5.74) is 3.68. The summed E-state index contributed by atoms with van der Waals surface area (Å²) in [6, 6.07) is 14.8. The van der Waals surface area contributed by atoms with Crippen LogP contribution >= 0.6 is 23.4 Å². The molecule has 0 aliphatic heterocycles. The van der Waals surface area contributed by atoms with Crippen molar-refractivity contribution < 1.29 is 14.4 Å². The van der Waals surface area contributed by atoms with Crippen molar-refractivity contribution in [1.82, 2.24) is 5.16 Å². The number of halogens is 1. The Morgan fingerprint density at radius 1 is 1.23 bits per heavy atom. The molecule has 0 bridgehead atoms. The van der Waals surface area contributed by atoms with E-state index >= 15 is 0 Å². The molecule has 0 spiro atoms. The van der Waals surface area contributed by atoms with Crippen molar-refractivity contribution in [2.45, 2.75) is 45.4 Å². The second-order valence-electron chi connectivity index (χ2n) is 7.40. The molecule has 1 atom stereocenters. The molecule has 1 heterocycles. The zero-order valence-corrected chi connectivity index (χ0v) is 19.5. The van der Waals surface area contributed by atoms with E-state index in [9.17, 15) is 9.90 Å². The summed E-state index contributed by atoms with van der Waals surface area (Å²) in [7, 11) is 0. The second-order valence-corrected chi connectivity index (χ2v) is 8.91. The summed E-state index contributed by atoms with van der Waals surface area (Å²) in [6.45, 7) is 5.75. The Bertz CT molecular complexity index is 1020. The van der Waals surface area contributed by atoms with Crippen LogP contribution in [0.2, 0.25) is 5.02 Å². The molecule has 3 rings (SSSR count). The standard InChI is InChI=1S/C24H27ClN2O3S/c1-4-5-14-31-15-18-10-12-19(13-11-18)23-22(16(2)26-30-23)27(24(28)29)17(3)20-8-6-7-9-21(20)25/h6-13,17H,4-5,14-15H2,1-3H3,(H,28,29). The van der Waals surface area contributed by atoms with E-state index in [1.165, 1.54) is 23.3 Å². The van der Waals surface area contributed by atoms with Crippen LogP contribution in [0.5, 0.6) is 0 Å². The van der Waals surface area contributed by atoms with Gasteiger partial charge in [-0.3, -0.25) is 4.90 Å². The number of nitrogens with zero attached hydrogens (tertiary/aromatic N) is 2. The van der Waals surface area contributed by atoms with E-state index in [-0.39, 0.29) is 0 Å². The number of carbonyl (C=O) groups is 1. The van der Waals surface area contributed by atoms with Gasteiger partial charge >= 0.3 is 6.09 Å². The van der Waals surface area contributed by atoms with Crippen molar-refractivity contribution in [2.75, 3.05) is 10.7 Å². The number of benzene rings is 2. The molecule has 3 aromatic rings. The minimum absolute atomic E-state index is 0.434. The van der Waals surface area contributed by atoms with E-state index in [0.717, 1.165) is 22.6 Å². The van der Waals surface area contributed by atoms with E-state index in [1.54, 1.807) is 13.0 Å². The lowest BCUT2D eigenvalue weighted by atomic mass is 10.0. The molecule has 1 aromatic heterocycles.